The normalized spacial score (nSPS) is 15.9. The first-order valence-corrected chi connectivity index (χ1v) is 8.46. The molecule has 0 aliphatic carbocycles. The number of fused-ring (bicyclic) bond motifs is 1. The average Bonchev–Trinajstić information content (AvgIpc) is 2.59. The Bertz CT molecular complexity index is 804. The van der Waals surface area contributed by atoms with E-state index in [4.69, 9.17) is 9.47 Å². The quantitative estimate of drug-likeness (QED) is 0.813. The molecule has 25 heavy (non-hydrogen) atoms. The smallest absolute Gasteiger partial charge is 0.129 e. The molecule has 0 unspecified atom stereocenters. The Morgan fingerprint density at radius 2 is 2.04 bits per heavy atom. The molecule has 0 bridgehead atoms. The molecule has 0 saturated carbocycles. The molecule has 1 aliphatic heterocycles. The van der Waals surface area contributed by atoms with Crippen LogP contribution in [0.3, 0.4) is 0 Å². The molecule has 0 amide bonds. The molecule has 0 aromatic heterocycles. The van der Waals surface area contributed by atoms with Crippen molar-refractivity contribution in [1.82, 2.24) is 0 Å². The van der Waals surface area contributed by atoms with Crippen LogP contribution >= 0.6 is 0 Å². The van der Waals surface area contributed by atoms with Gasteiger partial charge in [0, 0.05) is 23.1 Å². The fraction of sp³-hybridized carbons (Fsp3) is 0.333. The summed E-state index contributed by atoms with van der Waals surface area (Å²) < 4.78 is 11.5. The van der Waals surface area contributed by atoms with Crippen LogP contribution in [0.1, 0.15) is 36.5 Å². The number of methoxy groups -OCH3 is 1. The van der Waals surface area contributed by atoms with Gasteiger partial charge in [-0.3, -0.25) is 0 Å². The second-order valence-electron chi connectivity index (χ2n) is 6.68. The van der Waals surface area contributed by atoms with Crippen molar-refractivity contribution in [2.24, 2.45) is 0 Å². The van der Waals surface area contributed by atoms with Crippen LogP contribution in [0.25, 0.3) is 0 Å². The van der Waals surface area contributed by atoms with E-state index in [9.17, 15) is 10.2 Å². The molecule has 1 atom stereocenters. The van der Waals surface area contributed by atoms with Crippen molar-refractivity contribution in [3.8, 4) is 23.0 Å². The number of allylic oxidation sites excluding steroid dienone is 2. The van der Waals surface area contributed by atoms with E-state index in [0.717, 1.165) is 34.6 Å². The second kappa shape index (κ2) is 7.09. The highest BCUT2D eigenvalue weighted by molar-refractivity contribution is 5.53. The maximum Gasteiger partial charge on any atom is 0.129 e. The first kappa shape index (κ1) is 17.2. The summed E-state index contributed by atoms with van der Waals surface area (Å²) in [5.74, 6) is 2.06. The van der Waals surface area contributed by atoms with Crippen LogP contribution in [0, 0.1) is 0 Å². The first-order valence-electron chi connectivity index (χ1n) is 8.46. The summed E-state index contributed by atoms with van der Waals surface area (Å²) in [6.45, 7) is 4.59. The molecule has 4 heteroatoms. The SMILES string of the molecule is COc1c([C@H]2COc3cc(O)ccc3C2)ccc(O)c1CC=C(C)C. The predicted octanol–water partition coefficient (Wildman–Crippen LogP) is 4.33. The Morgan fingerprint density at radius 1 is 1.24 bits per heavy atom. The molecular weight excluding hydrogens is 316 g/mol. The summed E-state index contributed by atoms with van der Waals surface area (Å²) in [6, 6.07) is 8.88. The topological polar surface area (TPSA) is 58.9 Å². The van der Waals surface area contributed by atoms with E-state index >= 15 is 0 Å². The fourth-order valence-electron chi connectivity index (χ4n) is 3.26. The van der Waals surface area contributed by atoms with Crippen molar-refractivity contribution >= 4 is 0 Å². The fourth-order valence-corrected chi connectivity index (χ4v) is 3.26. The zero-order valence-corrected chi connectivity index (χ0v) is 14.9. The molecule has 1 heterocycles. The molecule has 2 N–H and O–H groups in total. The highest BCUT2D eigenvalue weighted by Crippen LogP contribution is 2.41. The third kappa shape index (κ3) is 3.58. The van der Waals surface area contributed by atoms with Crippen LogP contribution in [-0.2, 0) is 12.8 Å². The van der Waals surface area contributed by atoms with Gasteiger partial charge in [-0.05, 0) is 44.4 Å². The van der Waals surface area contributed by atoms with E-state index in [-0.39, 0.29) is 17.4 Å². The Kier molecular flexibility index (Phi) is 4.88. The van der Waals surface area contributed by atoms with Gasteiger partial charge >= 0.3 is 0 Å². The Morgan fingerprint density at radius 3 is 2.76 bits per heavy atom. The molecule has 132 valence electrons. The van der Waals surface area contributed by atoms with Gasteiger partial charge in [0.1, 0.15) is 23.0 Å². The maximum atomic E-state index is 10.3. The Balaban J connectivity index is 1.96. The van der Waals surface area contributed by atoms with Crippen LogP contribution in [0.2, 0.25) is 0 Å². The van der Waals surface area contributed by atoms with Gasteiger partial charge in [0.15, 0.2) is 0 Å². The van der Waals surface area contributed by atoms with E-state index < -0.39 is 0 Å². The van der Waals surface area contributed by atoms with Crippen LogP contribution in [0.5, 0.6) is 23.0 Å². The van der Waals surface area contributed by atoms with E-state index in [1.165, 1.54) is 5.57 Å². The molecule has 2 aromatic rings. The first-order chi connectivity index (χ1) is 12.0. The van der Waals surface area contributed by atoms with Gasteiger partial charge in [-0.1, -0.05) is 23.8 Å². The third-order valence-electron chi connectivity index (χ3n) is 4.58. The van der Waals surface area contributed by atoms with Crippen molar-refractivity contribution < 1.29 is 19.7 Å². The molecule has 0 fully saturated rings. The number of aromatic hydroxyl groups is 2. The maximum absolute atomic E-state index is 10.3. The monoisotopic (exact) mass is 340 g/mol. The van der Waals surface area contributed by atoms with Crippen molar-refractivity contribution in [2.45, 2.75) is 32.6 Å². The summed E-state index contributed by atoms with van der Waals surface area (Å²) >= 11 is 0. The average molecular weight is 340 g/mol. The number of hydrogen-bond acceptors (Lipinski definition) is 4. The van der Waals surface area contributed by atoms with Gasteiger partial charge in [0.25, 0.3) is 0 Å². The summed E-state index contributed by atoms with van der Waals surface area (Å²) in [5, 5.41) is 19.9. The van der Waals surface area contributed by atoms with E-state index in [1.807, 2.05) is 26.0 Å². The van der Waals surface area contributed by atoms with Gasteiger partial charge in [0.05, 0.1) is 13.7 Å². The lowest BCUT2D eigenvalue weighted by molar-refractivity contribution is 0.257. The number of ether oxygens (including phenoxy) is 2. The summed E-state index contributed by atoms with van der Waals surface area (Å²) in [5.41, 5.74) is 4.10. The van der Waals surface area contributed by atoms with Gasteiger partial charge in [-0.2, -0.15) is 0 Å². The van der Waals surface area contributed by atoms with Crippen LogP contribution in [0.15, 0.2) is 42.0 Å². The molecular formula is C21H24O4. The molecule has 4 nitrogen and oxygen atoms in total. The summed E-state index contributed by atoms with van der Waals surface area (Å²) in [7, 11) is 1.64. The molecule has 0 saturated heterocycles. The van der Waals surface area contributed by atoms with Crippen LogP contribution in [-0.4, -0.2) is 23.9 Å². The Labute approximate surface area is 148 Å². The summed E-state index contributed by atoms with van der Waals surface area (Å²) in [4.78, 5) is 0. The number of rotatable bonds is 4. The minimum absolute atomic E-state index is 0.137. The number of benzene rings is 2. The number of hydrogen-bond donors (Lipinski definition) is 2. The predicted molar refractivity (Wildman–Crippen MR) is 97.8 cm³/mol. The third-order valence-corrected chi connectivity index (χ3v) is 4.58. The number of phenolic OH excluding ortho intramolecular Hbond substituents is 2. The molecule has 2 aromatic carbocycles. The Hall–Kier alpha value is -2.62. The van der Waals surface area contributed by atoms with E-state index in [2.05, 4.69) is 6.08 Å². The van der Waals surface area contributed by atoms with Crippen molar-refractivity contribution in [1.29, 1.82) is 0 Å². The minimum atomic E-state index is 0.137. The van der Waals surface area contributed by atoms with Gasteiger partial charge < -0.3 is 19.7 Å². The van der Waals surface area contributed by atoms with E-state index in [1.54, 1.807) is 25.3 Å². The van der Waals surface area contributed by atoms with E-state index in [0.29, 0.717) is 13.0 Å². The van der Waals surface area contributed by atoms with Crippen molar-refractivity contribution in [2.75, 3.05) is 13.7 Å². The van der Waals surface area contributed by atoms with Crippen molar-refractivity contribution in [3.05, 3.63) is 58.7 Å². The highest BCUT2D eigenvalue weighted by Gasteiger charge is 2.26. The largest absolute Gasteiger partial charge is 0.508 e. The van der Waals surface area contributed by atoms with Gasteiger partial charge in [0.2, 0.25) is 0 Å². The summed E-state index contributed by atoms with van der Waals surface area (Å²) in [6.07, 6.45) is 3.51. The lowest BCUT2D eigenvalue weighted by Gasteiger charge is -2.27. The zero-order valence-electron chi connectivity index (χ0n) is 14.9. The van der Waals surface area contributed by atoms with Crippen molar-refractivity contribution in [3.63, 3.8) is 0 Å². The zero-order chi connectivity index (χ0) is 18.0. The molecule has 3 rings (SSSR count). The van der Waals surface area contributed by atoms with Crippen LogP contribution < -0.4 is 9.47 Å². The molecule has 1 aliphatic rings. The van der Waals surface area contributed by atoms with Crippen LogP contribution in [0.4, 0.5) is 0 Å². The minimum Gasteiger partial charge on any atom is -0.508 e. The van der Waals surface area contributed by atoms with Gasteiger partial charge in [-0.25, -0.2) is 0 Å². The highest BCUT2D eigenvalue weighted by atomic mass is 16.5. The lowest BCUT2D eigenvalue weighted by Crippen LogP contribution is -2.20. The standard InChI is InChI=1S/C21H24O4/c1-13(2)4-7-18-19(23)9-8-17(21(18)24-3)15-10-14-5-6-16(22)11-20(14)25-12-15/h4-6,8-9,11,15,22-23H,7,10,12H2,1-3H3/t15-/m1/s1. The molecule has 0 spiro atoms. The number of phenols is 2. The lowest BCUT2D eigenvalue weighted by atomic mass is 9.88. The second-order valence-corrected chi connectivity index (χ2v) is 6.68. The molecule has 0 radical (unpaired) electrons. The van der Waals surface area contributed by atoms with Gasteiger partial charge in [-0.15, -0.1) is 0 Å².